The molecule has 0 heterocycles. The number of ether oxygens (including phenoxy) is 1. The largest absolute Gasteiger partial charge is 0.468 e. The Kier molecular flexibility index (Phi) is 4.55. The van der Waals surface area contributed by atoms with Crippen molar-refractivity contribution in [3.05, 3.63) is 0 Å². The fourth-order valence-electron chi connectivity index (χ4n) is 1.12. The van der Waals surface area contributed by atoms with Crippen LogP contribution in [0.1, 0.15) is 27.2 Å². The third-order valence-electron chi connectivity index (χ3n) is 1.82. The average molecular weight is 172 g/mol. The molecule has 0 fully saturated rings. The maximum absolute atomic E-state index is 11.3. The summed E-state index contributed by atoms with van der Waals surface area (Å²) in [5, 5.41) is 0. The quantitative estimate of drug-likeness (QED) is 0.475. The van der Waals surface area contributed by atoms with Crippen molar-refractivity contribution in [3.8, 4) is 0 Å². The van der Waals surface area contributed by atoms with Crippen molar-refractivity contribution in [3.63, 3.8) is 0 Å². The van der Waals surface area contributed by atoms with Gasteiger partial charge in [-0.2, -0.15) is 0 Å². The predicted octanol–water partition coefficient (Wildman–Crippen LogP) is 1.41. The van der Waals surface area contributed by atoms with Crippen molar-refractivity contribution >= 4 is 11.8 Å². The summed E-state index contributed by atoms with van der Waals surface area (Å²) in [7, 11) is 1.31. The molecule has 0 amide bonds. The lowest BCUT2D eigenvalue weighted by Gasteiger charge is -2.15. The van der Waals surface area contributed by atoms with Crippen LogP contribution in [0.5, 0.6) is 0 Å². The zero-order chi connectivity index (χ0) is 9.72. The van der Waals surface area contributed by atoms with Crippen LogP contribution in [0.3, 0.4) is 0 Å². The minimum absolute atomic E-state index is 0.0184. The smallest absolute Gasteiger partial charge is 0.316 e. The molecule has 70 valence electrons. The number of rotatable bonds is 4. The maximum Gasteiger partial charge on any atom is 0.316 e. The van der Waals surface area contributed by atoms with E-state index in [9.17, 15) is 9.59 Å². The Morgan fingerprint density at radius 3 is 2.08 bits per heavy atom. The van der Waals surface area contributed by atoms with Crippen molar-refractivity contribution in [2.75, 3.05) is 7.11 Å². The van der Waals surface area contributed by atoms with Gasteiger partial charge in [-0.05, 0) is 5.92 Å². The zero-order valence-corrected chi connectivity index (χ0v) is 8.09. The van der Waals surface area contributed by atoms with Gasteiger partial charge in [0.2, 0.25) is 0 Å². The number of Topliss-reactive ketones (excluding diaryl/α,β-unsaturated/α-hetero) is 1. The molecule has 0 aromatic heterocycles. The molecule has 0 spiro atoms. The van der Waals surface area contributed by atoms with Gasteiger partial charge < -0.3 is 4.74 Å². The van der Waals surface area contributed by atoms with Gasteiger partial charge in [0.05, 0.1) is 7.11 Å². The molecule has 0 radical (unpaired) electrons. The molecule has 0 bridgehead atoms. The second kappa shape index (κ2) is 4.91. The number of ketones is 1. The zero-order valence-electron chi connectivity index (χ0n) is 8.09. The van der Waals surface area contributed by atoms with E-state index in [0.29, 0.717) is 6.42 Å². The summed E-state index contributed by atoms with van der Waals surface area (Å²) in [6.07, 6.45) is 0.387. The van der Waals surface area contributed by atoms with Gasteiger partial charge in [-0.15, -0.1) is 0 Å². The average Bonchev–Trinajstić information content (AvgIpc) is 2.03. The lowest BCUT2D eigenvalue weighted by Crippen LogP contribution is -2.29. The minimum Gasteiger partial charge on any atom is -0.468 e. The molecule has 0 aliphatic carbocycles. The highest BCUT2D eigenvalue weighted by Crippen LogP contribution is 2.15. The first kappa shape index (κ1) is 11.1. The maximum atomic E-state index is 11.3. The first-order chi connectivity index (χ1) is 5.54. The van der Waals surface area contributed by atoms with Crippen LogP contribution in [0.25, 0.3) is 0 Å². The first-order valence-corrected chi connectivity index (χ1v) is 4.15. The van der Waals surface area contributed by atoms with Gasteiger partial charge in [-0.25, -0.2) is 0 Å². The fraction of sp³-hybridized carbons (Fsp3) is 0.778. The van der Waals surface area contributed by atoms with E-state index in [-0.39, 0.29) is 11.7 Å². The van der Waals surface area contributed by atoms with Gasteiger partial charge in [-0.3, -0.25) is 9.59 Å². The summed E-state index contributed by atoms with van der Waals surface area (Å²) in [5.74, 6) is -1.03. The Labute approximate surface area is 73.1 Å². The van der Waals surface area contributed by atoms with E-state index in [2.05, 4.69) is 4.74 Å². The molecule has 12 heavy (non-hydrogen) atoms. The SMILES string of the molecule is CCC(=O)[C@H](C(=O)OC)C(C)C. The van der Waals surface area contributed by atoms with Crippen molar-refractivity contribution in [1.29, 1.82) is 0 Å². The highest BCUT2D eigenvalue weighted by molar-refractivity contribution is 5.99. The Hall–Kier alpha value is -0.860. The number of carbonyl (C=O) groups is 2. The van der Waals surface area contributed by atoms with Gasteiger partial charge >= 0.3 is 5.97 Å². The predicted molar refractivity (Wildman–Crippen MR) is 45.6 cm³/mol. The normalized spacial score (nSPS) is 12.8. The standard InChI is InChI=1S/C9H16O3/c1-5-7(10)8(6(2)3)9(11)12-4/h6,8H,5H2,1-4H3/t8-/m1/s1. The van der Waals surface area contributed by atoms with Crippen molar-refractivity contribution in [2.24, 2.45) is 11.8 Å². The molecule has 1 atom stereocenters. The highest BCUT2D eigenvalue weighted by atomic mass is 16.5. The van der Waals surface area contributed by atoms with E-state index in [1.165, 1.54) is 7.11 Å². The second-order valence-electron chi connectivity index (χ2n) is 3.06. The van der Waals surface area contributed by atoms with Crippen LogP contribution in [0, 0.1) is 11.8 Å². The van der Waals surface area contributed by atoms with E-state index in [1.54, 1.807) is 6.92 Å². The number of hydrogen-bond acceptors (Lipinski definition) is 3. The lowest BCUT2D eigenvalue weighted by molar-refractivity contribution is -0.151. The lowest BCUT2D eigenvalue weighted by atomic mass is 9.90. The van der Waals surface area contributed by atoms with Crippen LogP contribution in [0.4, 0.5) is 0 Å². The van der Waals surface area contributed by atoms with Crippen molar-refractivity contribution < 1.29 is 14.3 Å². The van der Waals surface area contributed by atoms with Gasteiger partial charge in [0, 0.05) is 6.42 Å². The Bertz CT molecular complexity index is 157. The molecule has 0 aliphatic rings. The number of hydrogen-bond donors (Lipinski definition) is 0. The number of esters is 1. The van der Waals surface area contributed by atoms with Crippen LogP contribution in [-0.4, -0.2) is 18.9 Å². The third kappa shape index (κ3) is 2.64. The fourth-order valence-corrected chi connectivity index (χ4v) is 1.12. The molecule has 0 aromatic rings. The van der Waals surface area contributed by atoms with Crippen LogP contribution in [0.15, 0.2) is 0 Å². The molecule has 0 N–H and O–H groups in total. The summed E-state index contributed by atoms with van der Waals surface area (Å²) < 4.78 is 4.54. The summed E-state index contributed by atoms with van der Waals surface area (Å²) in [6, 6.07) is 0. The van der Waals surface area contributed by atoms with Gasteiger partial charge in [0.15, 0.2) is 0 Å². The molecule has 0 aliphatic heterocycles. The van der Waals surface area contributed by atoms with E-state index < -0.39 is 11.9 Å². The first-order valence-electron chi connectivity index (χ1n) is 4.15. The Balaban J connectivity index is 4.43. The molecule has 3 heteroatoms. The molecule has 0 aromatic carbocycles. The van der Waals surface area contributed by atoms with Crippen molar-refractivity contribution in [1.82, 2.24) is 0 Å². The van der Waals surface area contributed by atoms with Crippen LogP contribution in [0.2, 0.25) is 0 Å². The molecule has 0 saturated heterocycles. The molecule has 0 unspecified atom stereocenters. The molecule has 3 nitrogen and oxygen atoms in total. The number of carbonyl (C=O) groups excluding carboxylic acids is 2. The third-order valence-corrected chi connectivity index (χ3v) is 1.82. The summed E-state index contributed by atoms with van der Waals surface area (Å²) in [6.45, 7) is 5.44. The second-order valence-corrected chi connectivity index (χ2v) is 3.06. The highest BCUT2D eigenvalue weighted by Gasteiger charge is 2.28. The summed E-state index contributed by atoms with van der Waals surface area (Å²) >= 11 is 0. The molecular weight excluding hydrogens is 156 g/mol. The van der Waals surface area contributed by atoms with E-state index in [0.717, 1.165) is 0 Å². The minimum atomic E-state index is -0.583. The molecule has 0 rings (SSSR count). The van der Waals surface area contributed by atoms with Gasteiger partial charge in [-0.1, -0.05) is 20.8 Å². The Morgan fingerprint density at radius 1 is 1.33 bits per heavy atom. The molecular formula is C9H16O3. The van der Waals surface area contributed by atoms with E-state index in [1.807, 2.05) is 13.8 Å². The van der Waals surface area contributed by atoms with Crippen molar-refractivity contribution in [2.45, 2.75) is 27.2 Å². The van der Waals surface area contributed by atoms with E-state index >= 15 is 0 Å². The monoisotopic (exact) mass is 172 g/mol. The van der Waals surface area contributed by atoms with Gasteiger partial charge in [0.1, 0.15) is 11.7 Å². The Morgan fingerprint density at radius 2 is 1.83 bits per heavy atom. The van der Waals surface area contributed by atoms with Gasteiger partial charge in [0.25, 0.3) is 0 Å². The topological polar surface area (TPSA) is 43.4 Å². The summed E-state index contributed by atoms with van der Waals surface area (Å²) in [5.41, 5.74) is 0. The van der Waals surface area contributed by atoms with Crippen LogP contribution in [-0.2, 0) is 14.3 Å². The summed E-state index contributed by atoms with van der Waals surface area (Å²) in [4.78, 5) is 22.4. The van der Waals surface area contributed by atoms with E-state index in [4.69, 9.17) is 0 Å². The molecule has 0 saturated carbocycles. The number of methoxy groups -OCH3 is 1. The van der Waals surface area contributed by atoms with Crippen LogP contribution >= 0.6 is 0 Å². The van der Waals surface area contributed by atoms with Crippen LogP contribution < -0.4 is 0 Å².